The largest absolute Gasteiger partial charge is 0.330 e. The third kappa shape index (κ3) is 2.61. The Hall–Kier alpha value is -0.830. The third-order valence-electron chi connectivity index (χ3n) is 3.09. The topological polar surface area (TPSA) is 38.9 Å². The molecule has 1 aromatic heterocycles. The summed E-state index contributed by atoms with van der Waals surface area (Å²) in [5.41, 5.74) is 8.61. The van der Waals surface area contributed by atoms with Gasteiger partial charge in [0.15, 0.2) is 0 Å². The van der Waals surface area contributed by atoms with Gasteiger partial charge in [-0.05, 0) is 43.5 Å². The Kier molecular flexibility index (Phi) is 4.10. The van der Waals surface area contributed by atoms with Crippen LogP contribution in [-0.2, 0) is 6.42 Å². The van der Waals surface area contributed by atoms with Crippen LogP contribution >= 0.6 is 23.2 Å². The van der Waals surface area contributed by atoms with Gasteiger partial charge in [-0.2, -0.15) is 0 Å². The normalized spacial score (nSPS) is 12.9. The summed E-state index contributed by atoms with van der Waals surface area (Å²) in [6, 6.07) is 5.86. The third-order valence-corrected chi connectivity index (χ3v) is 3.89. The van der Waals surface area contributed by atoms with Crippen molar-refractivity contribution in [3.8, 4) is 0 Å². The summed E-state index contributed by atoms with van der Waals surface area (Å²) >= 11 is 12.3. The molecule has 1 aromatic carbocycles. The molecule has 0 aliphatic rings. The fourth-order valence-corrected chi connectivity index (χ4v) is 2.38. The molecule has 2 nitrogen and oxygen atoms in total. The van der Waals surface area contributed by atoms with Crippen LogP contribution in [0, 0.1) is 12.8 Å². The quantitative estimate of drug-likeness (QED) is 0.925. The maximum Gasteiger partial charge on any atom is 0.0909 e. The van der Waals surface area contributed by atoms with E-state index in [0.29, 0.717) is 22.5 Å². The van der Waals surface area contributed by atoms with Crippen LogP contribution in [0.2, 0.25) is 10.0 Å². The minimum Gasteiger partial charge on any atom is -0.330 e. The van der Waals surface area contributed by atoms with E-state index in [4.69, 9.17) is 28.9 Å². The van der Waals surface area contributed by atoms with E-state index in [0.717, 1.165) is 28.6 Å². The first-order valence-electron chi connectivity index (χ1n) is 5.97. The van der Waals surface area contributed by atoms with Crippen molar-refractivity contribution >= 4 is 34.1 Å². The van der Waals surface area contributed by atoms with Crippen molar-refractivity contribution in [1.82, 2.24) is 4.98 Å². The maximum atomic E-state index is 6.22. The Morgan fingerprint density at radius 2 is 2.06 bits per heavy atom. The molecule has 2 rings (SSSR count). The molecule has 0 saturated heterocycles. The Bertz CT molecular complexity index is 582. The number of hydrogen-bond acceptors (Lipinski definition) is 2. The molecule has 4 heteroatoms. The van der Waals surface area contributed by atoms with Gasteiger partial charge in [0, 0.05) is 11.1 Å². The molecule has 18 heavy (non-hydrogen) atoms. The molecule has 0 saturated carbocycles. The molecule has 0 radical (unpaired) electrons. The van der Waals surface area contributed by atoms with E-state index in [1.165, 1.54) is 0 Å². The Labute approximate surface area is 117 Å². The SMILES string of the molecule is Cc1cc(CC(C)CN)nc2c(Cl)c(Cl)ccc12. The van der Waals surface area contributed by atoms with Crippen molar-refractivity contribution in [2.75, 3.05) is 6.54 Å². The van der Waals surface area contributed by atoms with Gasteiger partial charge in [0.2, 0.25) is 0 Å². The van der Waals surface area contributed by atoms with E-state index in [9.17, 15) is 0 Å². The van der Waals surface area contributed by atoms with Crippen molar-refractivity contribution in [3.05, 3.63) is 39.5 Å². The lowest BCUT2D eigenvalue weighted by molar-refractivity contribution is 0.585. The summed E-state index contributed by atoms with van der Waals surface area (Å²) in [6.45, 7) is 4.83. The molecule has 1 unspecified atom stereocenters. The molecular formula is C14H16Cl2N2. The smallest absolute Gasteiger partial charge is 0.0909 e. The van der Waals surface area contributed by atoms with Crippen LogP contribution in [0.1, 0.15) is 18.2 Å². The zero-order valence-electron chi connectivity index (χ0n) is 10.5. The lowest BCUT2D eigenvalue weighted by Gasteiger charge is -2.11. The van der Waals surface area contributed by atoms with Gasteiger partial charge in [-0.25, -0.2) is 0 Å². The van der Waals surface area contributed by atoms with Crippen LogP contribution in [0.25, 0.3) is 10.9 Å². The van der Waals surface area contributed by atoms with Gasteiger partial charge in [0.05, 0.1) is 15.6 Å². The minimum absolute atomic E-state index is 0.410. The Morgan fingerprint density at radius 1 is 1.33 bits per heavy atom. The van der Waals surface area contributed by atoms with Gasteiger partial charge < -0.3 is 5.73 Å². The fraction of sp³-hybridized carbons (Fsp3) is 0.357. The minimum atomic E-state index is 0.410. The number of hydrogen-bond donors (Lipinski definition) is 1. The fourth-order valence-electron chi connectivity index (χ4n) is 2.02. The number of aryl methyl sites for hydroxylation is 1. The van der Waals surface area contributed by atoms with Crippen molar-refractivity contribution in [2.45, 2.75) is 20.3 Å². The average Bonchev–Trinajstić information content (AvgIpc) is 2.34. The predicted molar refractivity (Wildman–Crippen MR) is 78.4 cm³/mol. The van der Waals surface area contributed by atoms with Crippen LogP contribution in [-0.4, -0.2) is 11.5 Å². The number of pyridine rings is 1. The molecule has 1 atom stereocenters. The van der Waals surface area contributed by atoms with Crippen LogP contribution < -0.4 is 5.73 Å². The van der Waals surface area contributed by atoms with Gasteiger partial charge in [-0.1, -0.05) is 36.2 Å². The van der Waals surface area contributed by atoms with Crippen molar-refractivity contribution in [1.29, 1.82) is 0 Å². The van der Waals surface area contributed by atoms with Gasteiger partial charge in [-0.3, -0.25) is 4.98 Å². The first-order chi connectivity index (χ1) is 8.52. The summed E-state index contributed by atoms with van der Waals surface area (Å²) in [4.78, 5) is 4.61. The summed E-state index contributed by atoms with van der Waals surface area (Å²) in [5.74, 6) is 0.410. The van der Waals surface area contributed by atoms with E-state index in [2.05, 4.69) is 24.9 Å². The number of fused-ring (bicyclic) bond motifs is 1. The molecule has 0 aliphatic heterocycles. The highest BCUT2D eigenvalue weighted by Gasteiger charge is 2.10. The second-order valence-electron chi connectivity index (χ2n) is 4.73. The number of benzene rings is 1. The molecule has 96 valence electrons. The second-order valence-corrected chi connectivity index (χ2v) is 5.52. The number of nitrogens with zero attached hydrogens (tertiary/aromatic N) is 1. The van der Waals surface area contributed by atoms with Gasteiger partial charge in [0.25, 0.3) is 0 Å². The molecule has 2 aromatic rings. The molecule has 1 heterocycles. The van der Waals surface area contributed by atoms with E-state index in [1.807, 2.05) is 12.1 Å². The van der Waals surface area contributed by atoms with Crippen LogP contribution in [0.15, 0.2) is 18.2 Å². The summed E-state index contributed by atoms with van der Waals surface area (Å²) in [7, 11) is 0. The molecule has 0 fully saturated rings. The lowest BCUT2D eigenvalue weighted by atomic mass is 10.0. The highest BCUT2D eigenvalue weighted by Crippen LogP contribution is 2.31. The number of nitrogens with two attached hydrogens (primary N) is 1. The zero-order valence-corrected chi connectivity index (χ0v) is 12.0. The van der Waals surface area contributed by atoms with Gasteiger partial charge in [-0.15, -0.1) is 0 Å². The Morgan fingerprint density at radius 3 is 2.72 bits per heavy atom. The summed E-state index contributed by atoms with van der Waals surface area (Å²) in [5, 5.41) is 2.12. The zero-order chi connectivity index (χ0) is 13.3. The van der Waals surface area contributed by atoms with Gasteiger partial charge in [0.1, 0.15) is 0 Å². The first kappa shape index (κ1) is 13.6. The van der Waals surface area contributed by atoms with Crippen molar-refractivity contribution in [3.63, 3.8) is 0 Å². The van der Waals surface area contributed by atoms with Crippen LogP contribution in [0.4, 0.5) is 0 Å². The van der Waals surface area contributed by atoms with E-state index < -0.39 is 0 Å². The van der Waals surface area contributed by atoms with E-state index >= 15 is 0 Å². The van der Waals surface area contributed by atoms with Crippen molar-refractivity contribution in [2.24, 2.45) is 11.7 Å². The number of aromatic nitrogens is 1. The lowest BCUT2D eigenvalue weighted by Crippen LogP contribution is -2.14. The molecule has 0 aliphatic carbocycles. The van der Waals surface area contributed by atoms with Crippen LogP contribution in [0.3, 0.4) is 0 Å². The standard InChI is InChI=1S/C14H16Cl2N2/c1-8(7-17)5-10-6-9(2)11-3-4-12(15)13(16)14(11)18-10/h3-4,6,8H,5,7,17H2,1-2H3. The van der Waals surface area contributed by atoms with Crippen LogP contribution in [0.5, 0.6) is 0 Å². The summed E-state index contributed by atoms with van der Waals surface area (Å²) in [6.07, 6.45) is 0.857. The molecular weight excluding hydrogens is 267 g/mol. The maximum absolute atomic E-state index is 6.22. The van der Waals surface area contributed by atoms with E-state index in [1.54, 1.807) is 0 Å². The monoisotopic (exact) mass is 282 g/mol. The molecule has 0 spiro atoms. The first-order valence-corrected chi connectivity index (χ1v) is 6.72. The highest BCUT2D eigenvalue weighted by atomic mass is 35.5. The van der Waals surface area contributed by atoms with E-state index in [-0.39, 0.29) is 0 Å². The van der Waals surface area contributed by atoms with Crippen molar-refractivity contribution < 1.29 is 0 Å². The second kappa shape index (κ2) is 5.43. The highest BCUT2D eigenvalue weighted by molar-refractivity contribution is 6.45. The number of rotatable bonds is 3. The average molecular weight is 283 g/mol. The predicted octanol–water partition coefficient (Wildman–Crippen LogP) is 3.99. The summed E-state index contributed by atoms with van der Waals surface area (Å²) < 4.78 is 0. The molecule has 0 bridgehead atoms. The van der Waals surface area contributed by atoms with Gasteiger partial charge >= 0.3 is 0 Å². The molecule has 2 N–H and O–H groups in total. The molecule has 0 amide bonds. The number of halogens is 2. The Balaban J connectivity index is 2.56.